The van der Waals surface area contributed by atoms with E-state index in [1.807, 2.05) is 26.0 Å². The number of nitrogens with one attached hydrogen (secondary N) is 1. The van der Waals surface area contributed by atoms with E-state index in [1.165, 1.54) is 6.07 Å². The summed E-state index contributed by atoms with van der Waals surface area (Å²) in [6.07, 6.45) is 0.0812. The van der Waals surface area contributed by atoms with Gasteiger partial charge in [0.2, 0.25) is 0 Å². The summed E-state index contributed by atoms with van der Waals surface area (Å²) in [6, 6.07) is 10.3. The minimum absolute atomic E-state index is 0.0812. The molecule has 4 heteroatoms. The Kier molecular flexibility index (Phi) is 4.13. The molecule has 0 aliphatic carbocycles. The summed E-state index contributed by atoms with van der Waals surface area (Å²) in [5, 5.41) is 3.20. The van der Waals surface area contributed by atoms with Gasteiger partial charge in [-0.1, -0.05) is 0 Å². The van der Waals surface area contributed by atoms with Crippen LogP contribution in [0.5, 0.6) is 5.75 Å². The number of benzene rings is 2. The van der Waals surface area contributed by atoms with Crippen LogP contribution in [0.25, 0.3) is 0 Å². The van der Waals surface area contributed by atoms with Crippen molar-refractivity contribution in [3.63, 3.8) is 0 Å². The van der Waals surface area contributed by atoms with E-state index >= 15 is 0 Å². The zero-order chi connectivity index (χ0) is 14.7. The van der Waals surface area contributed by atoms with Crippen LogP contribution >= 0.6 is 0 Å². The predicted octanol–water partition coefficient (Wildman–Crippen LogP) is 4.25. The van der Waals surface area contributed by atoms with E-state index in [4.69, 9.17) is 10.5 Å². The van der Waals surface area contributed by atoms with Gasteiger partial charge in [-0.2, -0.15) is 0 Å². The Labute approximate surface area is 118 Å². The molecule has 0 heterocycles. The van der Waals surface area contributed by atoms with Crippen LogP contribution in [0.15, 0.2) is 36.4 Å². The first kappa shape index (κ1) is 14.2. The molecule has 2 aromatic carbocycles. The molecule has 0 saturated carbocycles. The number of rotatable bonds is 4. The highest BCUT2D eigenvalue weighted by molar-refractivity contribution is 5.66. The number of aryl methyl sites for hydroxylation is 1. The minimum atomic E-state index is -0.216. The van der Waals surface area contributed by atoms with Crippen molar-refractivity contribution in [1.29, 1.82) is 0 Å². The maximum absolute atomic E-state index is 13.2. The van der Waals surface area contributed by atoms with Crippen LogP contribution in [0.1, 0.15) is 19.4 Å². The third-order valence-corrected chi connectivity index (χ3v) is 2.75. The smallest absolute Gasteiger partial charge is 0.126 e. The fraction of sp³-hybridized carbons (Fsp3) is 0.250. The first-order chi connectivity index (χ1) is 9.44. The zero-order valence-electron chi connectivity index (χ0n) is 11.9. The SMILES string of the molecule is Cc1cc(Nc2cc(N)cc(OC(C)C)c2)ccc1F. The summed E-state index contributed by atoms with van der Waals surface area (Å²) in [4.78, 5) is 0. The van der Waals surface area contributed by atoms with E-state index in [1.54, 1.807) is 25.1 Å². The molecule has 0 bridgehead atoms. The maximum Gasteiger partial charge on any atom is 0.126 e. The predicted molar refractivity (Wildman–Crippen MR) is 81.0 cm³/mol. The second-order valence-electron chi connectivity index (χ2n) is 5.05. The monoisotopic (exact) mass is 274 g/mol. The topological polar surface area (TPSA) is 47.3 Å². The van der Waals surface area contributed by atoms with Crippen LogP contribution in [0, 0.1) is 12.7 Å². The first-order valence-corrected chi connectivity index (χ1v) is 6.54. The molecule has 0 atom stereocenters. The van der Waals surface area contributed by atoms with Gasteiger partial charge in [0, 0.05) is 29.2 Å². The van der Waals surface area contributed by atoms with Crippen LogP contribution in [-0.2, 0) is 0 Å². The number of hydrogen-bond acceptors (Lipinski definition) is 3. The van der Waals surface area contributed by atoms with Crippen molar-refractivity contribution in [3.8, 4) is 5.75 Å². The normalized spacial score (nSPS) is 10.7. The molecule has 0 fully saturated rings. The molecule has 0 radical (unpaired) electrons. The Morgan fingerprint density at radius 3 is 2.50 bits per heavy atom. The van der Waals surface area contributed by atoms with Crippen molar-refractivity contribution >= 4 is 17.1 Å². The number of nitrogen functional groups attached to an aromatic ring is 1. The van der Waals surface area contributed by atoms with Gasteiger partial charge in [0.25, 0.3) is 0 Å². The molecule has 0 amide bonds. The lowest BCUT2D eigenvalue weighted by molar-refractivity contribution is 0.242. The number of anilines is 3. The molecular weight excluding hydrogens is 255 g/mol. The molecule has 0 spiro atoms. The highest BCUT2D eigenvalue weighted by Gasteiger charge is 2.04. The van der Waals surface area contributed by atoms with E-state index in [0.29, 0.717) is 17.0 Å². The molecule has 2 rings (SSSR count). The van der Waals surface area contributed by atoms with Crippen molar-refractivity contribution in [2.75, 3.05) is 11.1 Å². The quantitative estimate of drug-likeness (QED) is 0.819. The highest BCUT2D eigenvalue weighted by atomic mass is 19.1. The highest BCUT2D eigenvalue weighted by Crippen LogP contribution is 2.26. The summed E-state index contributed by atoms with van der Waals surface area (Å²) in [6.45, 7) is 5.65. The Morgan fingerprint density at radius 2 is 1.85 bits per heavy atom. The number of halogens is 1. The first-order valence-electron chi connectivity index (χ1n) is 6.54. The van der Waals surface area contributed by atoms with Gasteiger partial charge in [-0.25, -0.2) is 4.39 Å². The second-order valence-corrected chi connectivity index (χ2v) is 5.05. The van der Waals surface area contributed by atoms with Crippen LogP contribution in [0.3, 0.4) is 0 Å². The van der Waals surface area contributed by atoms with Gasteiger partial charge in [-0.3, -0.25) is 0 Å². The maximum atomic E-state index is 13.2. The van der Waals surface area contributed by atoms with Crippen molar-refractivity contribution in [2.45, 2.75) is 26.9 Å². The van der Waals surface area contributed by atoms with Crippen molar-refractivity contribution < 1.29 is 9.13 Å². The van der Waals surface area contributed by atoms with Crippen molar-refractivity contribution in [1.82, 2.24) is 0 Å². The van der Waals surface area contributed by atoms with Crippen LogP contribution in [0.2, 0.25) is 0 Å². The minimum Gasteiger partial charge on any atom is -0.491 e. The van der Waals surface area contributed by atoms with Crippen molar-refractivity contribution in [3.05, 3.63) is 47.8 Å². The van der Waals surface area contributed by atoms with Crippen LogP contribution < -0.4 is 15.8 Å². The molecule has 3 nitrogen and oxygen atoms in total. The van der Waals surface area contributed by atoms with Gasteiger partial charge in [0.05, 0.1) is 6.10 Å². The molecule has 0 saturated heterocycles. The molecule has 0 unspecified atom stereocenters. The van der Waals surface area contributed by atoms with E-state index in [0.717, 1.165) is 11.4 Å². The average Bonchev–Trinajstić information content (AvgIpc) is 2.32. The Balaban J connectivity index is 2.24. The lowest BCUT2D eigenvalue weighted by atomic mass is 10.2. The fourth-order valence-corrected chi connectivity index (χ4v) is 1.92. The molecule has 0 aliphatic heterocycles. The van der Waals surface area contributed by atoms with Gasteiger partial charge in [-0.05, 0) is 50.6 Å². The average molecular weight is 274 g/mol. The third kappa shape index (κ3) is 3.63. The Morgan fingerprint density at radius 1 is 1.10 bits per heavy atom. The van der Waals surface area contributed by atoms with Gasteiger partial charge in [0.1, 0.15) is 11.6 Å². The van der Waals surface area contributed by atoms with E-state index in [2.05, 4.69) is 5.32 Å². The third-order valence-electron chi connectivity index (χ3n) is 2.75. The molecule has 3 N–H and O–H groups in total. The summed E-state index contributed by atoms with van der Waals surface area (Å²) >= 11 is 0. The van der Waals surface area contributed by atoms with Gasteiger partial charge in [0.15, 0.2) is 0 Å². The lowest BCUT2D eigenvalue weighted by Gasteiger charge is -2.13. The Hall–Kier alpha value is -2.23. The van der Waals surface area contributed by atoms with Gasteiger partial charge >= 0.3 is 0 Å². The molecule has 2 aromatic rings. The number of ether oxygens (including phenoxy) is 1. The van der Waals surface area contributed by atoms with Gasteiger partial charge in [-0.15, -0.1) is 0 Å². The molecule has 0 aliphatic rings. The lowest BCUT2D eigenvalue weighted by Crippen LogP contribution is -2.06. The zero-order valence-corrected chi connectivity index (χ0v) is 11.9. The summed E-state index contributed by atoms with van der Waals surface area (Å²) in [5.41, 5.74) is 8.69. The summed E-state index contributed by atoms with van der Waals surface area (Å²) < 4.78 is 18.9. The Bertz CT molecular complexity index is 611. The largest absolute Gasteiger partial charge is 0.491 e. The summed E-state index contributed by atoms with van der Waals surface area (Å²) in [7, 11) is 0. The molecular formula is C16H19FN2O. The van der Waals surface area contributed by atoms with Crippen LogP contribution in [-0.4, -0.2) is 6.10 Å². The van der Waals surface area contributed by atoms with E-state index in [9.17, 15) is 4.39 Å². The van der Waals surface area contributed by atoms with Crippen LogP contribution in [0.4, 0.5) is 21.5 Å². The fourth-order valence-electron chi connectivity index (χ4n) is 1.92. The second kappa shape index (κ2) is 5.82. The number of hydrogen-bond donors (Lipinski definition) is 2. The van der Waals surface area contributed by atoms with E-state index < -0.39 is 0 Å². The summed E-state index contributed by atoms with van der Waals surface area (Å²) in [5.74, 6) is 0.494. The van der Waals surface area contributed by atoms with E-state index in [-0.39, 0.29) is 11.9 Å². The van der Waals surface area contributed by atoms with Crippen molar-refractivity contribution in [2.24, 2.45) is 0 Å². The van der Waals surface area contributed by atoms with Gasteiger partial charge < -0.3 is 15.8 Å². The number of nitrogens with two attached hydrogens (primary N) is 1. The molecule has 20 heavy (non-hydrogen) atoms. The molecule has 0 aromatic heterocycles. The molecule has 106 valence electrons. The standard InChI is InChI=1S/C16H19FN2O/c1-10(2)20-15-8-12(18)7-14(9-15)19-13-4-5-16(17)11(3)6-13/h4-10,19H,18H2,1-3H3.